The zero-order chi connectivity index (χ0) is 17.0. The molecular formula is C16H20ClN5O. The maximum absolute atomic E-state index is 12.3. The number of anilines is 1. The molecule has 0 unspecified atom stereocenters. The fourth-order valence-corrected chi connectivity index (χ4v) is 1.93. The standard InChI is InChI=1S/C16H20ClN5O/c1-10-9-13(22-21-10)18-15(20-16(2,3)4)19-14(23)11-5-7-12(17)8-6-11/h5-9H,1-4H3,(H3,18,19,20,21,22,23). The second kappa shape index (κ2) is 6.83. The van der Waals surface area contributed by atoms with Crippen molar-refractivity contribution in [2.45, 2.75) is 33.2 Å². The van der Waals surface area contributed by atoms with Gasteiger partial charge in [-0.25, -0.2) is 4.99 Å². The van der Waals surface area contributed by atoms with Crippen molar-refractivity contribution in [1.29, 1.82) is 0 Å². The largest absolute Gasteiger partial charge is 0.309 e. The Hall–Kier alpha value is -2.34. The summed E-state index contributed by atoms with van der Waals surface area (Å²) in [5, 5.41) is 13.3. The molecule has 0 spiro atoms. The number of benzene rings is 1. The third kappa shape index (κ3) is 5.41. The van der Waals surface area contributed by atoms with Crippen LogP contribution in [0.2, 0.25) is 5.02 Å². The van der Waals surface area contributed by atoms with E-state index in [9.17, 15) is 4.79 Å². The highest BCUT2D eigenvalue weighted by Gasteiger charge is 2.15. The molecular weight excluding hydrogens is 314 g/mol. The molecule has 6 nitrogen and oxygen atoms in total. The lowest BCUT2D eigenvalue weighted by Crippen LogP contribution is -2.38. The van der Waals surface area contributed by atoms with Gasteiger partial charge in [-0.15, -0.1) is 0 Å². The highest BCUT2D eigenvalue weighted by molar-refractivity contribution is 6.30. The minimum atomic E-state index is -0.360. The third-order valence-corrected chi connectivity index (χ3v) is 2.99. The van der Waals surface area contributed by atoms with Crippen LogP contribution in [0.1, 0.15) is 36.8 Å². The number of rotatable bonds is 2. The molecule has 1 aromatic heterocycles. The van der Waals surface area contributed by atoms with Crippen LogP contribution in [-0.4, -0.2) is 27.6 Å². The number of nitrogens with zero attached hydrogens (tertiary/aromatic N) is 2. The van der Waals surface area contributed by atoms with Crippen LogP contribution in [0.3, 0.4) is 0 Å². The molecule has 0 atom stereocenters. The first-order chi connectivity index (χ1) is 10.7. The molecule has 2 rings (SSSR count). The molecule has 1 amide bonds. The van der Waals surface area contributed by atoms with Crippen LogP contribution in [0.15, 0.2) is 35.3 Å². The van der Waals surface area contributed by atoms with E-state index in [1.807, 2.05) is 33.8 Å². The molecule has 3 N–H and O–H groups in total. The molecule has 0 aliphatic heterocycles. The summed E-state index contributed by atoms with van der Waals surface area (Å²) in [6.45, 7) is 7.72. The SMILES string of the molecule is Cc1cc(NC(=NC(C)(C)C)NC(=O)c2ccc(Cl)cc2)n[nH]1. The van der Waals surface area contributed by atoms with Crippen molar-refractivity contribution in [3.63, 3.8) is 0 Å². The minimum Gasteiger partial charge on any atom is -0.309 e. The molecule has 0 fully saturated rings. The normalized spacial score (nSPS) is 12.1. The zero-order valence-corrected chi connectivity index (χ0v) is 14.3. The predicted octanol–water partition coefficient (Wildman–Crippen LogP) is 3.37. The molecule has 0 saturated carbocycles. The summed E-state index contributed by atoms with van der Waals surface area (Å²) in [4.78, 5) is 16.8. The topological polar surface area (TPSA) is 82.2 Å². The van der Waals surface area contributed by atoms with E-state index >= 15 is 0 Å². The molecule has 0 aliphatic carbocycles. The molecule has 0 radical (unpaired) electrons. The van der Waals surface area contributed by atoms with Crippen molar-refractivity contribution in [2.24, 2.45) is 4.99 Å². The van der Waals surface area contributed by atoms with Crippen molar-refractivity contribution in [3.05, 3.63) is 46.6 Å². The van der Waals surface area contributed by atoms with Gasteiger partial charge in [-0.3, -0.25) is 15.2 Å². The van der Waals surface area contributed by atoms with Crippen molar-refractivity contribution < 1.29 is 4.79 Å². The Morgan fingerprint density at radius 2 is 1.91 bits per heavy atom. The van der Waals surface area contributed by atoms with Crippen LogP contribution in [0, 0.1) is 6.92 Å². The number of nitrogens with one attached hydrogen (secondary N) is 3. The van der Waals surface area contributed by atoms with Gasteiger partial charge in [0.25, 0.3) is 5.91 Å². The molecule has 2 aromatic rings. The number of carbonyl (C=O) groups is 1. The Morgan fingerprint density at radius 3 is 2.43 bits per heavy atom. The van der Waals surface area contributed by atoms with Gasteiger partial charge in [0.05, 0.1) is 5.54 Å². The van der Waals surface area contributed by atoms with Crippen LogP contribution in [0.25, 0.3) is 0 Å². The number of guanidine groups is 1. The van der Waals surface area contributed by atoms with E-state index in [4.69, 9.17) is 11.6 Å². The second-order valence-corrected chi connectivity index (χ2v) is 6.59. The van der Waals surface area contributed by atoms with Crippen LogP contribution < -0.4 is 10.6 Å². The van der Waals surface area contributed by atoms with Gasteiger partial charge in [-0.05, 0) is 52.0 Å². The van der Waals surface area contributed by atoms with Gasteiger partial charge in [-0.2, -0.15) is 5.10 Å². The summed E-state index contributed by atoms with van der Waals surface area (Å²) >= 11 is 5.84. The van der Waals surface area contributed by atoms with E-state index < -0.39 is 0 Å². The number of H-pyrrole nitrogens is 1. The van der Waals surface area contributed by atoms with Gasteiger partial charge >= 0.3 is 0 Å². The van der Waals surface area contributed by atoms with E-state index in [-0.39, 0.29) is 11.4 Å². The Bertz CT molecular complexity index is 713. The third-order valence-electron chi connectivity index (χ3n) is 2.74. The maximum Gasteiger partial charge on any atom is 0.257 e. The van der Waals surface area contributed by atoms with Gasteiger partial charge in [0.1, 0.15) is 0 Å². The van der Waals surface area contributed by atoms with Crippen molar-refractivity contribution >= 4 is 29.3 Å². The average Bonchev–Trinajstić information content (AvgIpc) is 2.82. The van der Waals surface area contributed by atoms with E-state index in [0.717, 1.165) is 5.69 Å². The van der Waals surface area contributed by atoms with Crippen LogP contribution in [0.4, 0.5) is 5.82 Å². The van der Waals surface area contributed by atoms with Gasteiger partial charge in [-0.1, -0.05) is 11.6 Å². The lowest BCUT2D eigenvalue weighted by molar-refractivity contribution is 0.0977. The lowest BCUT2D eigenvalue weighted by Gasteiger charge is -2.17. The number of carbonyl (C=O) groups excluding carboxylic acids is 1. The fraction of sp³-hybridized carbons (Fsp3) is 0.312. The first-order valence-electron chi connectivity index (χ1n) is 7.19. The number of aromatic nitrogens is 2. The summed E-state index contributed by atoms with van der Waals surface area (Å²) in [5.74, 6) is 0.648. The average molecular weight is 334 g/mol. The number of aliphatic imine (C=N–C) groups is 1. The number of hydrogen-bond acceptors (Lipinski definition) is 3. The smallest absolute Gasteiger partial charge is 0.257 e. The summed E-state index contributed by atoms with van der Waals surface area (Å²) in [6, 6.07) is 8.48. The Kier molecular flexibility index (Phi) is 5.05. The summed E-state index contributed by atoms with van der Waals surface area (Å²) < 4.78 is 0. The highest BCUT2D eigenvalue weighted by atomic mass is 35.5. The van der Waals surface area contributed by atoms with Gasteiger partial charge < -0.3 is 5.32 Å². The van der Waals surface area contributed by atoms with E-state index in [1.54, 1.807) is 24.3 Å². The quantitative estimate of drug-likeness (QED) is 0.582. The monoisotopic (exact) mass is 333 g/mol. The molecule has 7 heteroatoms. The Balaban J connectivity index is 2.18. The molecule has 23 heavy (non-hydrogen) atoms. The Morgan fingerprint density at radius 1 is 1.26 bits per heavy atom. The van der Waals surface area contributed by atoms with Crippen molar-refractivity contribution in [3.8, 4) is 0 Å². The van der Waals surface area contributed by atoms with Crippen molar-refractivity contribution in [2.75, 3.05) is 5.32 Å². The second-order valence-electron chi connectivity index (χ2n) is 6.15. The van der Waals surface area contributed by atoms with E-state index in [2.05, 4.69) is 25.8 Å². The maximum atomic E-state index is 12.3. The predicted molar refractivity (Wildman–Crippen MR) is 93.1 cm³/mol. The van der Waals surface area contributed by atoms with E-state index in [1.165, 1.54) is 0 Å². The first kappa shape index (κ1) is 17.0. The zero-order valence-electron chi connectivity index (χ0n) is 13.6. The molecule has 0 bridgehead atoms. The Labute approximate surface area is 140 Å². The minimum absolute atomic E-state index is 0.274. The van der Waals surface area contributed by atoms with Gasteiger partial charge in [0, 0.05) is 22.3 Å². The number of hydrogen-bond donors (Lipinski definition) is 3. The van der Waals surface area contributed by atoms with Crippen molar-refractivity contribution in [1.82, 2.24) is 15.5 Å². The number of aromatic amines is 1. The highest BCUT2D eigenvalue weighted by Crippen LogP contribution is 2.11. The lowest BCUT2D eigenvalue weighted by atomic mass is 10.1. The number of halogens is 1. The molecule has 1 heterocycles. The fourth-order valence-electron chi connectivity index (χ4n) is 1.81. The number of amides is 1. The van der Waals surface area contributed by atoms with Gasteiger partial charge in [0.15, 0.2) is 5.82 Å². The van der Waals surface area contributed by atoms with E-state index in [0.29, 0.717) is 22.4 Å². The molecule has 1 aromatic carbocycles. The molecule has 0 aliphatic rings. The van der Waals surface area contributed by atoms with Crippen LogP contribution in [0.5, 0.6) is 0 Å². The van der Waals surface area contributed by atoms with Crippen LogP contribution >= 0.6 is 11.6 Å². The van der Waals surface area contributed by atoms with Gasteiger partial charge in [0.2, 0.25) is 5.96 Å². The van der Waals surface area contributed by atoms with Crippen LogP contribution in [-0.2, 0) is 0 Å². The molecule has 122 valence electrons. The number of aryl methyl sites for hydroxylation is 1. The molecule has 0 saturated heterocycles. The summed E-state index contributed by atoms with van der Waals surface area (Å²) in [6.07, 6.45) is 0. The summed E-state index contributed by atoms with van der Waals surface area (Å²) in [5.41, 5.74) is 1.05. The summed E-state index contributed by atoms with van der Waals surface area (Å²) in [7, 11) is 0. The first-order valence-corrected chi connectivity index (χ1v) is 7.56.